The van der Waals surface area contributed by atoms with Crippen LogP contribution in [0.1, 0.15) is 23.1 Å². The predicted molar refractivity (Wildman–Crippen MR) is 55.6 cm³/mol. The van der Waals surface area contributed by atoms with E-state index < -0.39 is 0 Å². The van der Waals surface area contributed by atoms with Crippen LogP contribution in [0, 0.1) is 0 Å². The fourth-order valence-electron chi connectivity index (χ4n) is 1.32. The highest BCUT2D eigenvalue weighted by Crippen LogP contribution is 2.03. The van der Waals surface area contributed by atoms with Crippen molar-refractivity contribution >= 4 is 5.78 Å². The molecule has 0 spiro atoms. The van der Waals surface area contributed by atoms with Crippen molar-refractivity contribution in [1.82, 2.24) is 14.5 Å². The van der Waals surface area contributed by atoms with Crippen LogP contribution in [0.15, 0.2) is 36.9 Å². The van der Waals surface area contributed by atoms with Crippen molar-refractivity contribution in [3.05, 3.63) is 48.3 Å². The van der Waals surface area contributed by atoms with Gasteiger partial charge in [-0.25, -0.2) is 9.97 Å². The van der Waals surface area contributed by atoms with E-state index >= 15 is 0 Å². The first-order valence-corrected chi connectivity index (χ1v) is 4.68. The third-order valence-corrected chi connectivity index (χ3v) is 2.10. The molecular formula is C11H11N3O. The van der Waals surface area contributed by atoms with Gasteiger partial charge in [-0.15, -0.1) is 0 Å². The molecule has 0 aliphatic heterocycles. The van der Waals surface area contributed by atoms with Crippen LogP contribution in [0.25, 0.3) is 0 Å². The van der Waals surface area contributed by atoms with Gasteiger partial charge < -0.3 is 4.57 Å². The van der Waals surface area contributed by atoms with Crippen molar-refractivity contribution in [2.24, 2.45) is 0 Å². The van der Waals surface area contributed by atoms with E-state index in [0.717, 1.165) is 5.82 Å². The summed E-state index contributed by atoms with van der Waals surface area (Å²) >= 11 is 0. The van der Waals surface area contributed by atoms with Gasteiger partial charge in [0, 0.05) is 30.4 Å². The van der Waals surface area contributed by atoms with E-state index in [1.807, 2.05) is 10.8 Å². The van der Waals surface area contributed by atoms with E-state index in [2.05, 4.69) is 9.97 Å². The van der Waals surface area contributed by atoms with Gasteiger partial charge in [0.25, 0.3) is 0 Å². The third kappa shape index (κ3) is 2.28. The molecule has 0 aliphatic carbocycles. The number of Topliss-reactive ketones (excluding diaryl/α,β-unsaturated/α-hetero) is 1. The summed E-state index contributed by atoms with van der Waals surface area (Å²) in [7, 11) is 0. The van der Waals surface area contributed by atoms with Crippen molar-refractivity contribution < 1.29 is 4.79 Å². The van der Waals surface area contributed by atoms with E-state index in [9.17, 15) is 4.79 Å². The number of nitrogens with zero attached hydrogens (tertiary/aromatic N) is 3. The quantitative estimate of drug-likeness (QED) is 0.707. The predicted octanol–water partition coefficient (Wildman–Crippen LogP) is 1.53. The molecule has 0 amide bonds. The minimum atomic E-state index is 0.0720. The van der Waals surface area contributed by atoms with Gasteiger partial charge in [-0.1, -0.05) is 0 Å². The number of rotatable bonds is 3. The van der Waals surface area contributed by atoms with Gasteiger partial charge in [-0.3, -0.25) is 4.79 Å². The molecule has 2 aromatic heterocycles. The Bertz CT molecular complexity index is 462. The maximum atomic E-state index is 11.1. The zero-order valence-electron chi connectivity index (χ0n) is 8.42. The number of carbonyl (C=O) groups is 1. The summed E-state index contributed by atoms with van der Waals surface area (Å²) < 4.78 is 1.89. The normalized spacial score (nSPS) is 10.2. The molecular weight excluding hydrogens is 190 g/mol. The van der Waals surface area contributed by atoms with E-state index in [4.69, 9.17) is 0 Å². The highest BCUT2D eigenvalue weighted by molar-refractivity contribution is 5.93. The fraction of sp³-hybridized carbons (Fsp3) is 0.182. The maximum absolute atomic E-state index is 11.1. The Labute approximate surface area is 87.6 Å². The molecule has 2 rings (SSSR count). The molecule has 0 atom stereocenters. The first kappa shape index (κ1) is 9.58. The minimum Gasteiger partial charge on any atom is -0.346 e. The Kier molecular flexibility index (Phi) is 2.58. The van der Waals surface area contributed by atoms with Gasteiger partial charge in [0.1, 0.15) is 5.82 Å². The van der Waals surface area contributed by atoms with E-state index in [0.29, 0.717) is 12.1 Å². The lowest BCUT2D eigenvalue weighted by Crippen LogP contribution is -2.01. The highest BCUT2D eigenvalue weighted by Gasteiger charge is 2.02. The van der Waals surface area contributed by atoms with Crippen LogP contribution in [0.3, 0.4) is 0 Å². The zero-order chi connectivity index (χ0) is 10.7. The van der Waals surface area contributed by atoms with Gasteiger partial charge in [-0.2, -0.15) is 0 Å². The van der Waals surface area contributed by atoms with Crippen LogP contribution in [0.4, 0.5) is 0 Å². The summed E-state index contributed by atoms with van der Waals surface area (Å²) in [6, 6.07) is 3.57. The molecule has 0 bridgehead atoms. The Morgan fingerprint density at radius 2 is 2.13 bits per heavy atom. The Hall–Kier alpha value is -1.97. The van der Waals surface area contributed by atoms with Crippen LogP contribution in [0.5, 0.6) is 0 Å². The molecule has 2 aromatic rings. The lowest BCUT2D eigenvalue weighted by molar-refractivity contribution is 0.101. The molecule has 0 saturated carbocycles. The molecule has 4 nitrogen and oxygen atoms in total. The van der Waals surface area contributed by atoms with Crippen molar-refractivity contribution in [3.8, 4) is 0 Å². The second kappa shape index (κ2) is 4.04. The summed E-state index contributed by atoms with van der Waals surface area (Å²) in [4.78, 5) is 19.3. The van der Waals surface area contributed by atoms with Crippen LogP contribution in [-0.4, -0.2) is 20.3 Å². The van der Waals surface area contributed by atoms with Crippen molar-refractivity contribution in [3.63, 3.8) is 0 Å². The average molecular weight is 201 g/mol. The smallest absolute Gasteiger partial charge is 0.161 e. The van der Waals surface area contributed by atoms with Crippen LogP contribution < -0.4 is 0 Å². The maximum Gasteiger partial charge on any atom is 0.161 e. The van der Waals surface area contributed by atoms with Crippen LogP contribution in [-0.2, 0) is 6.54 Å². The second-order valence-electron chi connectivity index (χ2n) is 3.29. The molecule has 15 heavy (non-hydrogen) atoms. The second-order valence-corrected chi connectivity index (χ2v) is 3.29. The minimum absolute atomic E-state index is 0.0720. The Balaban J connectivity index is 2.15. The highest BCUT2D eigenvalue weighted by atomic mass is 16.1. The molecule has 0 saturated heterocycles. The van der Waals surface area contributed by atoms with Crippen LogP contribution >= 0.6 is 0 Å². The SMILES string of the molecule is CC(=O)c1ccn(Cc2ncccn2)c1. The molecule has 0 radical (unpaired) electrons. The molecule has 0 aromatic carbocycles. The number of ketones is 1. The lowest BCUT2D eigenvalue weighted by Gasteiger charge is -1.99. The third-order valence-electron chi connectivity index (χ3n) is 2.10. The van der Waals surface area contributed by atoms with E-state index in [-0.39, 0.29) is 5.78 Å². The molecule has 0 aliphatic rings. The van der Waals surface area contributed by atoms with Gasteiger partial charge in [0.2, 0.25) is 0 Å². The summed E-state index contributed by atoms with van der Waals surface area (Å²) in [6.07, 6.45) is 7.07. The number of aromatic nitrogens is 3. The number of carbonyl (C=O) groups excluding carboxylic acids is 1. The first-order chi connectivity index (χ1) is 7.25. The van der Waals surface area contributed by atoms with Gasteiger partial charge in [0.05, 0.1) is 6.54 Å². The Morgan fingerprint density at radius 1 is 1.40 bits per heavy atom. The molecule has 0 fully saturated rings. The Morgan fingerprint density at radius 3 is 2.73 bits per heavy atom. The fourth-order valence-corrected chi connectivity index (χ4v) is 1.32. The summed E-state index contributed by atoms with van der Waals surface area (Å²) in [5.41, 5.74) is 0.714. The molecule has 0 unspecified atom stereocenters. The van der Waals surface area contributed by atoms with Crippen molar-refractivity contribution in [1.29, 1.82) is 0 Å². The van der Waals surface area contributed by atoms with E-state index in [1.165, 1.54) is 0 Å². The summed E-state index contributed by atoms with van der Waals surface area (Å²) in [5.74, 6) is 0.811. The molecule has 76 valence electrons. The van der Waals surface area contributed by atoms with E-state index in [1.54, 1.807) is 37.6 Å². The summed E-state index contributed by atoms with van der Waals surface area (Å²) in [5, 5.41) is 0. The standard InChI is InChI=1S/C11H11N3O/c1-9(15)10-3-6-14(7-10)8-11-12-4-2-5-13-11/h2-7H,8H2,1H3. The molecule has 0 N–H and O–H groups in total. The van der Waals surface area contributed by atoms with Crippen LogP contribution in [0.2, 0.25) is 0 Å². The summed E-state index contributed by atoms with van der Waals surface area (Å²) in [6.45, 7) is 2.15. The van der Waals surface area contributed by atoms with Gasteiger partial charge >= 0.3 is 0 Å². The monoisotopic (exact) mass is 201 g/mol. The number of hydrogen-bond acceptors (Lipinski definition) is 3. The largest absolute Gasteiger partial charge is 0.346 e. The lowest BCUT2D eigenvalue weighted by atomic mass is 10.2. The van der Waals surface area contributed by atoms with Crippen molar-refractivity contribution in [2.75, 3.05) is 0 Å². The van der Waals surface area contributed by atoms with Gasteiger partial charge in [0.15, 0.2) is 5.78 Å². The molecule has 2 heterocycles. The van der Waals surface area contributed by atoms with Gasteiger partial charge in [-0.05, 0) is 19.1 Å². The first-order valence-electron chi connectivity index (χ1n) is 4.68. The van der Waals surface area contributed by atoms with Crippen molar-refractivity contribution in [2.45, 2.75) is 13.5 Å². The number of hydrogen-bond donors (Lipinski definition) is 0. The zero-order valence-corrected chi connectivity index (χ0v) is 8.42. The topological polar surface area (TPSA) is 47.8 Å². The molecule has 4 heteroatoms. The average Bonchev–Trinajstić information content (AvgIpc) is 2.68.